The maximum Gasteiger partial charge on any atom is 0.222 e. The molecule has 176 valence electrons. The van der Waals surface area contributed by atoms with Gasteiger partial charge in [-0.15, -0.1) is 11.3 Å². The van der Waals surface area contributed by atoms with Crippen LogP contribution in [-0.4, -0.2) is 15.0 Å². The first-order valence-corrected chi connectivity index (χ1v) is 12.3. The average molecular weight is 541 g/mol. The number of rotatable bonds is 5. The normalized spacial score (nSPS) is 11.6. The number of hydrogen-bond donors (Lipinski definition) is 1. The molecule has 0 unspecified atom stereocenters. The Morgan fingerprint density at radius 2 is 1.76 bits per heavy atom. The highest BCUT2D eigenvalue weighted by Gasteiger charge is 2.26. The largest absolute Gasteiger partial charge is 0.323 e. The van der Waals surface area contributed by atoms with E-state index in [1.54, 1.807) is 6.07 Å². The Morgan fingerprint density at radius 1 is 1.00 bits per heavy atom. The summed E-state index contributed by atoms with van der Waals surface area (Å²) in [4.78, 5) is 13.5. The molecule has 0 amide bonds. The Labute approximate surface area is 212 Å². The number of thiazole rings is 1. The Balaban J connectivity index is 1.81. The molecule has 4 nitrogen and oxygen atoms in total. The predicted molar refractivity (Wildman–Crippen MR) is 133 cm³/mol. The Morgan fingerprint density at radius 3 is 2.47 bits per heavy atom. The third-order valence-corrected chi connectivity index (χ3v) is 7.34. The fraction of sp³-hybridized carbons (Fsp3) is 0.174. The number of anilines is 1. The molecule has 4 rings (SSSR count). The highest BCUT2D eigenvalue weighted by atomic mass is 35.5. The molecule has 0 spiro atoms. The molecule has 0 aliphatic carbocycles. The first-order chi connectivity index (χ1) is 16.0. The summed E-state index contributed by atoms with van der Waals surface area (Å²) in [5.41, 5.74) is 0.651. The van der Waals surface area contributed by atoms with Gasteiger partial charge in [0, 0.05) is 22.2 Å². The first kappa shape index (κ1) is 24.8. The molecule has 34 heavy (non-hydrogen) atoms. The molecule has 2 heterocycles. The molecular formula is C23H17Cl2F3N4S2. The monoisotopic (exact) mass is 540 g/mol. The number of benzene rings is 2. The van der Waals surface area contributed by atoms with E-state index in [2.05, 4.69) is 14.7 Å². The van der Waals surface area contributed by atoms with Gasteiger partial charge in [0.25, 0.3) is 0 Å². The number of aromatic nitrogens is 3. The predicted octanol–water partition coefficient (Wildman–Crippen LogP) is 8.41. The van der Waals surface area contributed by atoms with Crippen molar-refractivity contribution in [1.29, 1.82) is 0 Å². The molecular weight excluding hydrogens is 524 g/mol. The van der Waals surface area contributed by atoms with Crippen LogP contribution < -0.4 is 4.72 Å². The lowest BCUT2D eigenvalue weighted by Crippen LogP contribution is -2.10. The van der Waals surface area contributed by atoms with Gasteiger partial charge in [-0.25, -0.2) is 28.1 Å². The Kier molecular flexibility index (Phi) is 7.09. The minimum absolute atomic E-state index is 0.00635. The zero-order chi connectivity index (χ0) is 24.6. The summed E-state index contributed by atoms with van der Waals surface area (Å²) in [5.74, 6) is -1.90. The maximum atomic E-state index is 15.7. The van der Waals surface area contributed by atoms with Crippen molar-refractivity contribution in [2.24, 2.45) is 0 Å². The van der Waals surface area contributed by atoms with E-state index < -0.39 is 17.5 Å². The molecule has 0 saturated carbocycles. The lowest BCUT2D eigenvalue weighted by atomic mass is 9.98. The van der Waals surface area contributed by atoms with Crippen molar-refractivity contribution in [3.05, 3.63) is 75.4 Å². The molecule has 0 aliphatic rings. The minimum atomic E-state index is -0.652. The van der Waals surface area contributed by atoms with Gasteiger partial charge in [0.15, 0.2) is 5.82 Å². The van der Waals surface area contributed by atoms with Crippen molar-refractivity contribution in [2.75, 3.05) is 4.72 Å². The van der Waals surface area contributed by atoms with E-state index >= 15 is 4.39 Å². The average Bonchev–Trinajstić information content (AvgIpc) is 3.22. The van der Waals surface area contributed by atoms with Crippen LogP contribution in [0.25, 0.3) is 21.8 Å². The molecule has 1 N–H and O–H groups in total. The lowest BCUT2D eigenvalue weighted by Gasteiger charge is -2.14. The third kappa shape index (κ3) is 5.33. The molecule has 2 aromatic carbocycles. The fourth-order valence-electron chi connectivity index (χ4n) is 2.96. The SMILES string of the molecule is CC(C)(C)c1nc(-c2cc(Cl)cc(NSc3cc(F)ccc3F)c2F)c(-c2ccnc(Cl)n2)s1. The zero-order valence-corrected chi connectivity index (χ0v) is 21.2. The topological polar surface area (TPSA) is 50.7 Å². The van der Waals surface area contributed by atoms with Crippen molar-refractivity contribution >= 4 is 52.2 Å². The summed E-state index contributed by atoms with van der Waals surface area (Å²) in [5, 5.41) is 1.05. The molecule has 0 aliphatic heterocycles. The van der Waals surface area contributed by atoms with Crippen LogP contribution in [0, 0.1) is 17.5 Å². The fourth-order valence-corrected chi connectivity index (χ4v) is 5.14. The molecule has 0 fully saturated rings. The second-order valence-corrected chi connectivity index (χ2v) is 10.9. The lowest BCUT2D eigenvalue weighted by molar-refractivity contribution is 0.577. The number of nitrogens with zero attached hydrogens (tertiary/aromatic N) is 3. The zero-order valence-electron chi connectivity index (χ0n) is 18.1. The molecule has 0 bridgehead atoms. The van der Waals surface area contributed by atoms with E-state index in [0.29, 0.717) is 16.3 Å². The summed E-state index contributed by atoms with van der Waals surface area (Å²) >= 11 is 14.4. The van der Waals surface area contributed by atoms with Crippen LogP contribution in [0.3, 0.4) is 0 Å². The van der Waals surface area contributed by atoms with E-state index in [9.17, 15) is 8.78 Å². The second-order valence-electron chi connectivity index (χ2n) is 8.25. The quantitative estimate of drug-likeness (QED) is 0.203. The number of nitrogens with one attached hydrogen (secondary N) is 1. The number of hydrogen-bond acceptors (Lipinski definition) is 6. The van der Waals surface area contributed by atoms with Gasteiger partial charge in [0.1, 0.15) is 11.6 Å². The van der Waals surface area contributed by atoms with Gasteiger partial charge in [-0.1, -0.05) is 32.4 Å². The van der Waals surface area contributed by atoms with Crippen LogP contribution in [-0.2, 0) is 5.41 Å². The highest BCUT2D eigenvalue weighted by molar-refractivity contribution is 8.00. The van der Waals surface area contributed by atoms with Crippen LogP contribution >= 0.6 is 46.5 Å². The van der Waals surface area contributed by atoms with Gasteiger partial charge in [-0.05, 0) is 59.9 Å². The molecule has 0 radical (unpaired) electrons. The summed E-state index contributed by atoms with van der Waals surface area (Å²) in [6.07, 6.45) is 1.51. The van der Waals surface area contributed by atoms with Crippen LogP contribution in [0.1, 0.15) is 25.8 Å². The van der Waals surface area contributed by atoms with Gasteiger partial charge in [0.05, 0.1) is 31.9 Å². The highest BCUT2D eigenvalue weighted by Crippen LogP contribution is 2.43. The van der Waals surface area contributed by atoms with Crippen LogP contribution in [0.2, 0.25) is 10.3 Å². The third-order valence-electron chi connectivity index (χ3n) is 4.58. The summed E-state index contributed by atoms with van der Waals surface area (Å²) in [6.45, 7) is 5.99. The van der Waals surface area contributed by atoms with Gasteiger partial charge in [-0.2, -0.15) is 0 Å². The van der Waals surface area contributed by atoms with E-state index in [4.69, 9.17) is 28.2 Å². The second kappa shape index (κ2) is 9.73. The Hall–Kier alpha value is -2.33. The van der Waals surface area contributed by atoms with E-state index in [1.165, 1.54) is 29.7 Å². The van der Waals surface area contributed by atoms with Crippen molar-refractivity contribution < 1.29 is 13.2 Å². The van der Waals surface area contributed by atoms with Gasteiger partial charge >= 0.3 is 0 Å². The molecule has 2 aromatic heterocycles. The van der Waals surface area contributed by atoms with E-state index in [-0.39, 0.29) is 31.9 Å². The van der Waals surface area contributed by atoms with Crippen molar-refractivity contribution in [2.45, 2.75) is 31.1 Å². The first-order valence-electron chi connectivity index (χ1n) is 9.90. The minimum Gasteiger partial charge on any atom is -0.323 e. The van der Waals surface area contributed by atoms with Crippen molar-refractivity contribution in [3.8, 4) is 21.8 Å². The van der Waals surface area contributed by atoms with E-state index in [0.717, 1.165) is 35.2 Å². The van der Waals surface area contributed by atoms with Gasteiger partial charge in [0.2, 0.25) is 5.28 Å². The van der Waals surface area contributed by atoms with Crippen LogP contribution in [0.15, 0.2) is 47.5 Å². The van der Waals surface area contributed by atoms with Gasteiger partial charge < -0.3 is 4.72 Å². The van der Waals surface area contributed by atoms with Crippen molar-refractivity contribution in [1.82, 2.24) is 15.0 Å². The summed E-state index contributed by atoms with van der Waals surface area (Å²) in [6, 6.07) is 7.52. The summed E-state index contributed by atoms with van der Waals surface area (Å²) < 4.78 is 45.9. The van der Waals surface area contributed by atoms with Crippen molar-refractivity contribution in [3.63, 3.8) is 0 Å². The van der Waals surface area contributed by atoms with Crippen LogP contribution in [0.4, 0.5) is 18.9 Å². The van der Waals surface area contributed by atoms with Gasteiger partial charge in [-0.3, -0.25) is 0 Å². The molecule has 0 saturated heterocycles. The smallest absolute Gasteiger partial charge is 0.222 e. The maximum absolute atomic E-state index is 15.7. The molecule has 11 heteroatoms. The standard InChI is InChI=1S/C23H17Cl2F3N4S2/c1-23(2,3)21-31-19(20(33-21)15-6-7-29-22(25)30-15)13-8-11(24)9-16(18(13)28)32-34-17-10-12(26)4-5-14(17)27/h4-10,32H,1-3H3. The summed E-state index contributed by atoms with van der Waals surface area (Å²) in [7, 11) is 0. The molecule has 4 aromatic rings. The number of halogens is 5. The van der Waals surface area contributed by atoms with E-state index in [1.807, 2.05) is 20.8 Å². The van der Waals surface area contributed by atoms with Crippen LogP contribution in [0.5, 0.6) is 0 Å². The molecule has 0 atom stereocenters. The Bertz CT molecular complexity index is 1370.